The Bertz CT molecular complexity index is 894. The molecule has 5 fully saturated rings. The number of aliphatic hydroxyl groups excluding tert-OH is 2. The van der Waals surface area contributed by atoms with Crippen LogP contribution in [0, 0.1) is 56.7 Å². The molecule has 0 aromatic carbocycles. The van der Waals surface area contributed by atoms with Gasteiger partial charge in [-0.3, -0.25) is 4.79 Å². The first-order valence-corrected chi connectivity index (χ1v) is 13.9. The van der Waals surface area contributed by atoms with Crippen LogP contribution in [0.15, 0.2) is 12.2 Å². The Balaban J connectivity index is 1.57. The quantitative estimate of drug-likeness (QED) is 0.427. The third-order valence-electron chi connectivity index (χ3n) is 13.4. The number of fused-ring (bicyclic) bond motifs is 7. The number of carbonyl (C=O) groups is 1. The summed E-state index contributed by atoms with van der Waals surface area (Å²) < 4.78 is 0. The summed E-state index contributed by atoms with van der Waals surface area (Å²) in [5, 5.41) is 32.4. The molecular weight excluding hydrogens is 424 g/mol. The SMILES string of the molecule is C=C(C)C1CCC2(C(=O)O)CCC3(C)C(CCC4C3(C)CCC3C(C)(C)[C@@H](O)C(O)C[C@@]34C)C12. The number of hydrogen-bond donors (Lipinski definition) is 3. The van der Waals surface area contributed by atoms with Crippen LogP contribution in [-0.2, 0) is 4.79 Å². The Kier molecular flexibility index (Phi) is 5.36. The first kappa shape index (κ1) is 24.8. The van der Waals surface area contributed by atoms with E-state index in [1.165, 1.54) is 5.57 Å². The Morgan fingerprint density at radius 1 is 0.853 bits per heavy atom. The number of carboxylic acid groups (broad SMARTS) is 1. The third kappa shape index (κ3) is 2.76. The Hall–Kier alpha value is -0.870. The number of hydrogen-bond acceptors (Lipinski definition) is 3. The van der Waals surface area contributed by atoms with Crippen LogP contribution < -0.4 is 0 Å². The van der Waals surface area contributed by atoms with E-state index in [0.29, 0.717) is 30.1 Å². The molecule has 5 rings (SSSR count). The summed E-state index contributed by atoms with van der Waals surface area (Å²) in [5.41, 5.74) is 0.501. The van der Waals surface area contributed by atoms with Crippen LogP contribution in [0.4, 0.5) is 0 Å². The second-order valence-corrected chi connectivity index (χ2v) is 14.7. The van der Waals surface area contributed by atoms with Crippen molar-refractivity contribution >= 4 is 5.97 Å². The molecule has 0 spiro atoms. The van der Waals surface area contributed by atoms with Gasteiger partial charge in [-0.25, -0.2) is 0 Å². The van der Waals surface area contributed by atoms with E-state index in [1.54, 1.807) is 0 Å². The fourth-order valence-electron chi connectivity index (χ4n) is 11.7. The molecule has 0 bridgehead atoms. The summed E-state index contributed by atoms with van der Waals surface area (Å²) in [6.45, 7) is 18.2. The minimum absolute atomic E-state index is 0.00606. The Labute approximate surface area is 206 Å². The molecule has 0 heterocycles. The molecule has 5 saturated carbocycles. The van der Waals surface area contributed by atoms with Crippen molar-refractivity contribution in [3.05, 3.63) is 12.2 Å². The van der Waals surface area contributed by atoms with Gasteiger partial charge < -0.3 is 15.3 Å². The molecule has 192 valence electrons. The smallest absolute Gasteiger partial charge is 0.309 e. The molecule has 5 aliphatic carbocycles. The van der Waals surface area contributed by atoms with Gasteiger partial charge in [-0.15, -0.1) is 0 Å². The molecule has 4 heteroatoms. The molecule has 9 unspecified atom stereocenters. The molecule has 0 aromatic rings. The van der Waals surface area contributed by atoms with Crippen molar-refractivity contribution in [3.8, 4) is 0 Å². The Morgan fingerprint density at radius 3 is 2.15 bits per heavy atom. The van der Waals surface area contributed by atoms with Crippen molar-refractivity contribution in [2.24, 2.45) is 56.7 Å². The van der Waals surface area contributed by atoms with E-state index < -0.39 is 23.6 Å². The normalized spacial score (nSPS) is 55.9. The molecule has 3 N–H and O–H groups in total. The molecule has 5 aliphatic rings. The van der Waals surface area contributed by atoms with Crippen LogP contribution >= 0.6 is 0 Å². The second-order valence-electron chi connectivity index (χ2n) is 14.7. The standard InChI is InChI=1S/C30H48O4/c1-17(2)18-10-13-30(25(33)34)15-14-28(6)19(23(18)30)8-9-22-27(5)16-20(31)24(32)26(3,4)21(27)11-12-29(22,28)7/h18-24,31-32H,1,8-16H2,2-7H3,(H,33,34)/t18?,19?,20?,21?,22?,23?,24-,27-,28?,29?,30?/m0/s1. The highest BCUT2D eigenvalue weighted by atomic mass is 16.4. The van der Waals surface area contributed by atoms with Crippen LogP contribution in [0.2, 0.25) is 0 Å². The lowest BCUT2D eigenvalue weighted by Gasteiger charge is -2.73. The molecule has 34 heavy (non-hydrogen) atoms. The van der Waals surface area contributed by atoms with E-state index in [2.05, 4.69) is 48.1 Å². The van der Waals surface area contributed by atoms with Gasteiger partial charge >= 0.3 is 5.97 Å². The molecule has 0 aliphatic heterocycles. The van der Waals surface area contributed by atoms with Crippen LogP contribution in [0.3, 0.4) is 0 Å². The topological polar surface area (TPSA) is 77.8 Å². The maximum absolute atomic E-state index is 12.8. The zero-order valence-electron chi connectivity index (χ0n) is 22.4. The minimum Gasteiger partial charge on any atom is -0.481 e. The van der Waals surface area contributed by atoms with Gasteiger partial charge in [-0.05, 0) is 116 Å². The average Bonchev–Trinajstić information content (AvgIpc) is 3.14. The van der Waals surface area contributed by atoms with Crippen LogP contribution in [-0.4, -0.2) is 33.5 Å². The summed E-state index contributed by atoms with van der Waals surface area (Å²) >= 11 is 0. The molecule has 0 saturated heterocycles. The lowest BCUT2D eigenvalue weighted by molar-refractivity contribution is -0.263. The van der Waals surface area contributed by atoms with Gasteiger partial charge in [-0.2, -0.15) is 0 Å². The average molecular weight is 473 g/mol. The summed E-state index contributed by atoms with van der Waals surface area (Å²) in [7, 11) is 0. The van der Waals surface area contributed by atoms with Crippen molar-refractivity contribution in [1.29, 1.82) is 0 Å². The molecule has 0 aromatic heterocycles. The van der Waals surface area contributed by atoms with Crippen molar-refractivity contribution in [1.82, 2.24) is 0 Å². The van der Waals surface area contributed by atoms with E-state index in [4.69, 9.17) is 0 Å². The third-order valence-corrected chi connectivity index (χ3v) is 13.4. The van der Waals surface area contributed by atoms with Crippen molar-refractivity contribution in [2.45, 2.75) is 112 Å². The van der Waals surface area contributed by atoms with E-state index in [-0.39, 0.29) is 27.6 Å². The van der Waals surface area contributed by atoms with Gasteiger partial charge in [-0.1, -0.05) is 46.8 Å². The van der Waals surface area contributed by atoms with Gasteiger partial charge in [0.2, 0.25) is 0 Å². The van der Waals surface area contributed by atoms with Crippen LogP contribution in [0.25, 0.3) is 0 Å². The van der Waals surface area contributed by atoms with E-state index in [9.17, 15) is 20.1 Å². The number of rotatable bonds is 2. The highest BCUT2D eigenvalue weighted by Gasteiger charge is 2.72. The molecule has 0 amide bonds. The van der Waals surface area contributed by atoms with Gasteiger partial charge in [0.05, 0.1) is 17.6 Å². The first-order valence-electron chi connectivity index (χ1n) is 13.9. The predicted octanol–water partition coefficient (Wildman–Crippen LogP) is 6.06. The lowest BCUT2D eigenvalue weighted by atomic mass is 9.32. The first-order chi connectivity index (χ1) is 15.7. The van der Waals surface area contributed by atoms with Gasteiger partial charge in [0.15, 0.2) is 0 Å². The van der Waals surface area contributed by atoms with Gasteiger partial charge in [0.1, 0.15) is 0 Å². The molecule has 11 atom stereocenters. The fraction of sp³-hybridized carbons (Fsp3) is 0.900. The minimum atomic E-state index is -0.669. The second kappa shape index (κ2) is 7.34. The highest BCUT2D eigenvalue weighted by molar-refractivity contribution is 5.76. The van der Waals surface area contributed by atoms with Crippen molar-refractivity contribution in [2.75, 3.05) is 0 Å². The number of aliphatic carboxylic acids is 1. The fourth-order valence-corrected chi connectivity index (χ4v) is 11.7. The highest BCUT2D eigenvalue weighted by Crippen LogP contribution is 2.77. The maximum atomic E-state index is 12.8. The zero-order chi connectivity index (χ0) is 25.1. The predicted molar refractivity (Wildman–Crippen MR) is 134 cm³/mol. The number of carboxylic acids is 1. The summed E-state index contributed by atoms with van der Waals surface area (Å²) in [4.78, 5) is 12.8. The largest absolute Gasteiger partial charge is 0.481 e. The number of aliphatic hydroxyl groups is 2. The van der Waals surface area contributed by atoms with Gasteiger partial charge in [0.25, 0.3) is 0 Å². The van der Waals surface area contributed by atoms with Crippen molar-refractivity contribution in [3.63, 3.8) is 0 Å². The Morgan fingerprint density at radius 2 is 1.53 bits per heavy atom. The van der Waals surface area contributed by atoms with E-state index in [0.717, 1.165) is 51.4 Å². The summed E-state index contributed by atoms with van der Waals surface area (Å²) in [5.74, 6) is 1.24. The monoisotopic (exact) mass is 472 g/mol. The molecular formula is C30H48O4. The summed E-state index contributed by atoms with van der Waals surface area (Å²) in [6, 6.07) is 0. The molecule has 4 nitrogen and oxygen atoms in total. The maximum Gasteiger partial charge on any atom is 0.309 e. The van der Waals surface area contributed by atoms with Crippen LogP contribution in [0.5, 0.6) is 0 Å². The number of allylic oxidation sites excluding steroid dienone is 1. The lowest BCUT2D eigenvalue weighted by Crippen LogP contribution is -2.68. The summed E-state index contributed by atoms with van der Waals surface area (Å²) in [6.07, 6.45) is 7.32. The van der Waals surface area contributed by atoms with E-state index in [1.807, 2.05) is 0 Å². The zero-order valence-corrected chi connectivity index (χ0v) is 22.4. The molecule has 0 radical (unpaired) electrons. The van der Waals surface area contributed by atoms with Crippen molar-refractivity contribution < 1.29 is 20.1 Å². The van der Waals surface area contributed by atoms with E-state index >= 15 is 0 Å². The van der Waals surface area contributed by atoms with Crippen LogP contribution in [0.1, 0.15) is 99.3 Å². The van der Waals surface area contributed by atoms with Gasteiger partial charge in [0, 0.05) is 0 Å².